The van der Waals surface area contributed by atoms with Gasteiger partial charge < -0.3 is 13.9 Å². The summed E-state index contributed by atoms with van der Waals surface area (Å²) in [5.41, 5.74) is 0.0505. The molecule has 1 atom stereocenters. The third-order valence-corrected chi connectivity index (χ3v) is 5.71. The summed E-state index contributed by atoms with van der Waals surface area (Å²) in [6.45, 7) is 13.8. The average Bonchev–Trinajstić information content (AvgIpc) is 3.10. The van der Waals surface area contributed by atoms with Gasteiger partial charge in [-0.05, 0) is 31.2 Å². The van der Waals surface area contributed by atoms with Gasteiger partial charge in [-0.1, -0.05) is 27.7 Å². The molecule has 0 spiro atoms. The van der Waals surface area contributed by atoms with Crippen LogP contribution in [0.1, 0.15) is 41.0 Å². The second-order valence-corrected chi connectivity index (χ2v) is 7.48. The van der Waals surface area contributed by atoms with Gasteiger partial charge in [0.15, 0.2) is 9.76 Å². The maximum Gasteiger partial charge on any atom is 0.162 e. The summed E-state index contributed by atoms with van der Waals surface area (Å²) in [7, 11) is -0.421. The van der Waals surface area contributed by atoms with Crippen LogP contribution in [0.2, 0.25) is 6.04 Å². The summed E-state index contributed by atoms with van der Waals surface area (Å²) in [4.78, 5) is 0. The van der Waals surface area contributed by atoms with Gasteiger partial charge >= 0.3 is 0 Å². The van der Waals surface area contributed by atoms with Gasteiger partial charge in [0.05, 0.1) is 18.8 Å². The SMILES string of the molecule is CC(C)C(C)(O[SiH2]CCCOCC1CO1)C(C)C. The Kier molecular flexibility index (Phi) is 6.85. The van der Waals surface area contributed by atoms with Crippen LogP contribution in [0, 0.1) is 11.8 Å². The summed E-state index contributed by atoms with van der Waals surface area (Å²) in [5.74, 6) is 1.15. The highest BCUT2D eigenvalue weighted by Gasteiger charge is 2.32. The predicted molar refractivity (Wildman–Crippen MR) is 77.7 cm³/mol. The van der Waals surface area contributed by atoms with Crippen LogP contribution in [0.15, 0.2) is 0 Å². The van der Waals surface area contributed by atoms with E-state index in [0.29, 0.717) is 17.9 Å². The molecular weight excluding hydrogens is 244 g/mol. The quantitative estimate of drug-likeness (QED) is 0.348. The molecule has 3 nitrogen and oxygen atoms in total. The molecule has 1 unspecified atom stereocenters. The standard InChI is InChI=1S/C14H30O3Si/c1-11(2)14(5,12(3)4)17-18-8-6-7-15-9-13-10-16-13/h11-13H,6-10,18H2,1-5H3. The van der Waals surface area contributed by atoms with Crippen molar-refractivity contribution in [1.82, 2.24) is 0 Å². The van der Waals surface area contributed by atoms with Crippen LogP contribution in [-0.2, 0) is 13.9 Å². The van der Waals surface area contributed by atoms with E-state index in [4.69, 9.17) is 13.9 Å². The fourth-order valence-electron chi connectivity index (χ4n) is 1.98. The molecule has 0 aromatic carbocycles. The molecule has 0 aromatic rings. The van der Waals surface area contributed by atoms with Gasteiger partial charge in [-0.2, -0.15) is 0 Å². The van der Waals surface area contributed by atoms with Gasteiger partial charge in [0.2, 0.25) is 0 Å². The van der Waals surface area contributed by atoms with Crippen molar-refractivity contribution in [3.8, 4) is 0 Å². The Morgan fingerprint density at radius 3 is 2.39 bits per heavy atom. The van der Waals surface area contributed by atoms with Crippen LogP contribution >= 0.6 is 0 Å². The molecule has 108 valence electrons. The molecule has 18 heavy (non-hydrogen) atoms. The molecule has 0 bridgehead atoms. The van der Waals surface area contributed by atoms with Crippen molar-refractivity contribution in [2.75, 3.05) is 19.8 Å². The summed E-state index contributed by atoms with van der Waals surface area (Å²) in [5, 5.41) is 0. The second kappa shape index (κ2) is 7.63. The summed E-state index contributed by atoms with van der Waals surface area (Å²) >= 11 is 0. The van der Waals surface area contributed by atoms with Gasteiger partial charge in [0, 0.05) is 6.61 Å². The molecule has 0 radical (unpaired) electrons. The van der Waals surface area contributed by atoms with Crippen LogP contribution in [-0.4, -0.2) is 41.3 Å². The highest BCUT2D eigenvalue weighted by atomic mass is 28.2. The van der Waals surface area contributed by atoms with E-state index in [9.17, 15) is 0 Å². The molecule has 1 fully saturated rings. The van der Waals surface area contributed by atoms with E-state index >= 15 is 0 Å². The zero-order valence-electron chi connectivity index (χ0n) is 12.7. The largest absolute Gasteiger partial charge is 0.418 e. The Morgan fingerprint density at radius 1 is 1.28 bits per heavy atom. The van der Waals surface area contributed by atoms with Crippen molar-refractivity contribution in [3.63, 3.8) is 0 Å². The molecule has 0 amide bonds. The lowest BCUT2D eigenvalue weighted by atomic mass is 9.82. The van der Waals surface area contributed by atoms with Gasteiger partial charge in [0.25, 0.3) is 0 Å². The maximum absolute atomic E-state index is 6.25. The fraction of sp³-hybridized carbons (Fsp3) is 1.00. The van der Waals surface area contributed by atoms with Gasteiger partial charge in [-0.15, -0.1) is 0 Å². The van der Waals surface area contributed by atoms with Gasteiger partial charge in [-0.3, -0.25) is 0 Å². The molecule has 0 N–H and O–H groups in total. The minimum absolute atomic E-state index is 0.0505. The van der Waals surface area contributed by atoms with E-state index in [1.807, 2.05) is 0 Å². The molecule has 1 saturated heterocycles. The van der Waals surface area contributed by atoms with E-state index in [1.165, 1.54) is 6.04 Å². The first-order chi connectivity index (χ1) is 8.47. The monoisotopic (exact) mass is 274 g/mol. The van der Waals surface area contributed by atoms with Crippen molar-refractivity contribution >= 4 is 9.76 Å². The lowest BCUT2D eigenvalue weighted by Gasteiger charge is -2.38. The van der Waals surface area contributed by atoms with Crippen molar-refractivity contribution in [1.29, 1.82) is 0 Å². The molecule has 1 rings (SSSR count). The number of hydrogen-bond acceptors (Lipinski definition) is 3. The van der Waals surface area contributed by atoms with Crippen molar-refractivity contribution in [2.24, 2.45) is 11.8 Å². The smallest absolute Gasteiger partial charge is 0.162 e. The normalized spacial score (nSPS) is 20.5. The van der Waals surface area contributed by atoms with E-state index in [2.05, 4.69) is 34.6 Å². The first kappa shape index (κ1) is 16.2. The first-order valence-electron chi connectivity index (χ1n) is 7.30. The third kappa shape index (κ3) is 5.39. The predicted octanol–water partition coefficient (Wildman–Crippen LogP) is 2.38. The van der Waals surface area contributed by atoms with Crippen LogP contribution in [0.4, 0.5) is 0 Å². The Hall–Kier alpha value is 0.0969. The molecule has 4 heteroatoms. The Balaban J connectivity index is 2.03. The van der Waals surface area contributed by atoms with E-state index < -0.39 is 9.76 Å². The molecular formula is C14H30O3Si. The highest BCUT2D eigenvalue weighted by molar-refractivity contribution is 6.27. The highest BCUT2D eigenvalue weighted by Crippen LogP contribution is 2.29. The lowest BCUT2D eigenvalue weighted by Crippen LogP contribution is -2.41. The van der Waals surface area contributed by atoms with E-state index in [0.717, 1.165) is 26.2 Å². The number of epoxide rings is 1. The molecule has 1 aliphatic rings. The van der Waals surface area contributed by atoms with Crippen LogP contribution in [0.5, 0.6) is 0 Å². The van der Waals surface area contributed by atoms with Crippen LogP contribution in [0.25, 0.3) is 0 Å². The minimum Gasteiger partial charge on any atom is -0.418 e. The zero-order valence-corrected chi connectivity index (χ0v) is 14.1. The molecule has 0 aromatic heterocycles. The summed E-state index contributed by atoms with van der Waals surface area (Å²) in [6.07, 6.45) is 1.52. The Bertz CT molecular complexity index is 219. The molecule has 1 aliphatic heterocycles. The Morgan fingerprint density at radius 2 is 1.89 bits per heavy atom. The maximum atomic E-state index is 6.25. The number of rotatable bonds is 10. The second-order valence-electron chi connectivity index (χ2n) is 6.08. The van der Waals surface area contributed by atoms with Crippen molar-refractivity contribution in [3.05, 3.63) is 0 Å². The van der Waals surface area contributed by atoms with E-state index in [1.54, 1.807) is 0 Å². The Labute approximate surface area is 115 Å². The van der Waals surface area contributed by atoms with Crippen molar-refractivity contribution in [2.45, 2.75) is 58.8 Å². The fourth-order valence-corrected chi connectivity index (χ4v) is 3.64. The number of hydrogen-bond donors (Lipinski definition) is 0. The zero-order chi connectivity index (χ0) is 13.6. The van der Waals surface area contributed by atoms with Crippen molar-refractivity contribution < 1.29 is 13.9 Å². The first-order valence-corrected chi connectivity index (χ1v) is 8.88. The summed E-state index contributed by atoms with van der Waals surface area (Å²) in [6, 6.07) is 1.21. The van der Waals surface area contributed by atoms with Gasteiger partial charge in [-0.25, -0.2) is 0 Å². The van der Waals surface area contributed by atoms with Gasteiger partial charge in [0.1, 0.15) is 6.10 Å². The molecule has 0 aliphatic carbocycles. The lowest BCUT2D eigenvalue weighted by molar-refractivity contribution is -0.00151. The molecule has 1 heterocycles. The van der Waals surface area contributed by atoms with Crippen LogP contribution in [0.3, 0.4) is 0 Å². The average molecular weight is 274 g/mol. The van der Waals surface area contributed by atoms with E-state index in [-0.39, 0.29) is 5.60 Å². The minimum atomic E-state index is -0.421. The number of ether oxygens (including phenoxy) is 2. The topological polar surface area (TPSA) is 31.0 Å². The summed E-state index contributed by atoms with van der Waals surface area (Å²) < 4.78 is 16.9. The third-order valence-electron chi connectivity index (χ3n) is 4.09. The molecule has 0 saturated carbocycles. The van der Waals surface area contributed by atoms with Crippen LogP contribution < -0.4 is 0 Å².